The van der Waals surface area contributed by atoms with Gasteiger partial charge in [0.15, 0.2) is 0 Å². The molecule has 1 saturated heterocycles. The van der Waals surface area contributed by atoms with Crippen molar-refractivity contribution >= 4 is 21.1 Å². The van der Waals surface area contributed by atoms with Gasteiger partial charge >= 0.3 is 11.1 Å². The standard InChI is InChI=1S/C19H22N4O5S/c24-18-19(25)22-15-11-13(6-7-14(15)21-18)29(26,27)20-12-16(17-5-4-10-28-17)23-8-2-1-3-9-23/h4-7,10-11,16,20H,1-3,8-9,12H2,(H,21,24)(H,22,25). The maximum Gasteiger partial charge on any atom is 0.314 e. The van der Waals surface area contributed by atoms with Crippen LogP contribution in [-0.4, -0.2) is 42.9 Å². The molecule has 0 amide bonds. The lowest BCUT2D eigenvalue weighted by Crippen LogP contribution is -2.40. The zero-order valence-electron chi connectivity index (χ0n) is 15.7. The molecule has 1 aromatic carbocycles. The number of furan rings is 1. The summed E-state index contributed by atoms with van der Waals surface area (Å²) in [6.45, 7) is 1.94. The number of fused-ring (bicyclic) bond motifs is 1. The van der Waals surface area contributed by atoms with Crippen LogP contribution in [0.25, 0.3) is 11.0 Å². The molecular formula is C19H22N4O5S. The Balaban J connectivity index is 1.58. The lowest BCUT2D eigenvalue weighted by Gasteiger charge is -2.33. The van der Waals surface area contributed by atoms with Crippen molar-refractivity contribution in [3.63, 3.8) is 0 Å². The molecule has 3 aromatic rings. The van der Waals surface area contributed by atoms with Crippen LogP contribution in [0.1, 0.15) is 31.1 Å². The van der Waals surface area contributed by atoms with Gasteiger partial charge in [-0.25, -0.2) is 13.1 Å². The van der Waals surface area contributed by atoms with E-state index < -0.39 is 21.1 Å². The third-order valence-electron chi connectivity index (χ3n) is 5.17. The zero-order chi connectivity index (χ0) is 20.4. The summed E-state index contributed by atoms with van der Waals surface area (Å²) in [4.78, 5) is 30.0. The molecule has 4 rings (SSSR count). The quantitative estimate of drug-likeness (QED) is 0.518. The fourth-order valence-corrected chi connectivity index (χ4v) is 4.72. The van der Waals surface area contributed by atoms with Crippen LogP contribution in [0.3, 0.4) is 0 Å². The maximum absolute atomic E-state index is 12.9. The molecule has 0 spiro atoms. The van der Waals surface area contributed by atoms with Crippen molar-refractivity contribution in [2.45, 2.75) is 30.2 Å². The van der Waals surface area contributed by atoms with Gasteiger partial charge < -0.3 is 14.4 Å². The van der Waals surface area contributed by atoms with Gasteiger partial charge in [-0.3, -0.25) is 14.5 Å². The van der Waals surface area contributed by atoms with Gasteiger partial charge in [-0.05, 0) is 56.3 Å². The summed E-state index contributed by atoms with van der Waals surface area (Å²) < 4.78 is 33.9. The topological polar surface area (TPSA) is 128 Å². The van der Waals surface area contributed by atoms with E-state index in [1.54, 1.807) is 12.3 Å². The molecule has 0 saturated carbocycles. The Kier molecular flexibility index (Phi) is 5.39. The molecule has 3 N–H and O–H groups in total. The minimum absolute atomic E-state index is 0.00420. The average molecular weight is 418 g/mol. The normalized spacial score (nSPS) is 16.8. The molecule has 2 aromatic heterocycles. The number of benzene rings is 1. The molecular weight excluding hydrogens is 396 g/mol. The summed E-state index contributed by atoms with van der Waals surface area (Å²) in [5.74, 6) is 0.718. The summed E-state index contributed by atoms with van der Waals surface area (Å²) >= 11 is 0. The monoisotopic (exact) mass is 418 g/mol. The number of aromatic amines is 2. The number of hydrogen-bond donors (Lipinski definition) is 3. The Morgan fingerprint density at radius 3 is 2.45 bits per heavy atom. The third-order valence-corrected chi connectivity index (χ3v) is 6.59. The largest absolute Gasteiger partial charge is 0.468 e. The molecule has 3 heterocycles. The van der Waals surface area contributed by atoms with E-state index in [2.05, 4.69) is 19.6 Å². The zero-order valence-corrected chi connectivity index (χ0v) is 16.5. The summed E-state index contributed by atoms with van der Waals surface area (Å²) in [7, 11) is -3.83. The Hall–Kier alpha value is -2.69. The number of rotatable bonds is 6. The summed E-state index contributed by atoms with van der Waals surface area (Å²) in [5, 5.41) is 0. The highest BCUT2D eigenvalue weighted by atomic mass is 32.2. The van der Waals surface area contributed by atoms with Gasteiger partial charge in [0, 0.05) is 6.54 Å². The molecule has 0 radical (unpaired) electrons. The van der Waals surface area contributed by atoms with Crippen LogP contribution in [0.2, 0.25) is 0 Å². The SMILES string of the molecule is O=c1[nH]c2ccc(S(=O)(=O)NCC(c3ccco3)N3CCCCC3)cc2[nH]c1=O. The van der Waals surface area contributed by atoms with Crippen molar-refractivity contribution in [3.05, 3.63) is 63.1 Å². The second-order valence-electron chi connectivity index (χ2n) is 7.10. The van der Waals surface area contributed by atoms with Crippen molar-refractivity contribution in [1.82, 2.24) is 19.6 Å². The van der Waals surface area contributed by atoms with Gasteiger partial charge in [0.1, 0.15) is 5.76 Å². The van der Waals surface area contributed by atoms with Crippen LogP contribution >= 0.6 is 0 Å². The van der Waals surface area contributed by atoms with E-state index in [1.807, 2.05) is 6.07 Å². The van der Waals surface area contributed by atoms with Crippen LogP contribution < -0.4 is 15.8 Å². The van der Waals surface area contributed by atoms with Gasteiger partial charge in [-0.1, -0.05) is 6.42 Å². The van der Waals surface area contributed by atoms with E-state index >= 15 is 0 Å². The highest BCUT2D eigenvalue weighted by Crippen LogP contribution is 2.25. The maximum atomic E-state index is 12.9. The molecule has 1 aliphatic heterocycles. The molecule has 0 bridgehead atoms. The number of hydrogen-bond acceptors (Lipinski definition) is 6. The predicted octanol–water partition coefficient (Wildman–Crippen LogP) is 1.31. The first-order valence-electron chi connectivity index (χ1n) is 9.47. The van der Waals surface area contributed by atoms with Crippen LogP contribution in [0.5, 0.6) is 0 Å². The van der Waals surface area contributed by atoms with Crippen LogP contribution in [0.15, 0.2) is 55.5 Å². The first kappa shape index (κ1) is 19.6. The fraction of sp³-hybridized carbons (Fsp3) is 0.368. The Bertz CT molecular complexity index is 1210. The summed E-state index contributed by atoms with van der Waals surface area (Å²) in [5.41, 5.74) is -1.01. The highest BCUT2D eigenvalue weighted by molar-refractivity contribution is 7.89. The number of piperidine rings is 1. The van der Waals surface area contributed by atoms with Gasteiger partial charge in [-0.2, -0.15) is 0 Å². The number of H-pyrrole nitrogens is 2. The van der Waals surface area contributed by atoms with Crippen molar-refractivity contribution in [2.75, 3.05) is 19.6 Å². The Labute approximate surface area is 166 Å². The molecule has 0 aliphatic carbocycles. The van der Waals surface area contributed by atoms with E-state index in [4.69, 9.17) is 4.42 Å². The van der Waals surface area contributed by atoms with E-state index in [0.717, 1.165) is 31.7 Å². The van der Waals surface area contributed by atoms with Gasteiger partial charge in [-0.15, -0.1) is 0 Å². The molecule has 10 heteroatoms. The van der Waals surface area contributed by atoms with Crippen LogP contribution in [0.4, 0.5) is 0 Å². The highest BCUT2D eigenvalue weighted by Gasteiger charge is 2.26. The second-order valence-corrected chi connectivity index (χ2v) is 8.86. The second kappa shape index (κ2) is 7.97. The van der Waals surface area contributed by atoms with E-state index in [0.29, 0.717) is 5.52 Å². The summed E-state index contributed by atoms with van der Waals surface area (Å²) in [6.07, 6.45) is 4.89. The van der Waals surface area contributed by atoms with E-state index in [1.165, 1.54) is 24.6 Å². The molecule has 29 heavy (non-hydrogen) atoms. The van der Waals surface area contributed by atoms with Gasteiger partial charge in [0.25, 0.3) is 0 Å². The Morgan fingerprint density at radius 1 is 1.03 bits per heavy atom. The first-order valence-corrected chi connectivity index (χ1v) is 11.0. The van der Waals surface area contributed by atoms with Crippen molar-refractivity contribution < 1.29 is 12.8 Å². The number of nitrogens with one attached hydrogen (secondary N) is 3. The van der Waals surface area contributed by atoms with Gasteiger partial charge in [0.2, 0.25) is 10.0 Å². The third kappa shape index (κ3) is 4.19. The molecule has 1 fully saturated rings. The van der Waals surface area contributed by atoms with Crippen LogP contribution in [-0.2, 0) is 10.0 Å². The Morgan fingerprint density at radius 2 is 1.76 bits per heavy atom. The smallest absolute Gasteiger partial charge is 0.314 e. The number of aromatic nitrogens is 2. The molecule has 9 nitrogen and oxygen atoms in total. The summed E-state index contributed by atoms with van der Waals surface area (Å²) in [6, 6.07) is 7.62. The fourth-order valence-electron chi connectivity index (χ4n) is 3.65. The minimum Gasteiger partial charge on any atom is -0.468 e. The average Bonchev–Trinajstić information content (AvgIpc) is 3.24. The lowest BCUT2D eigenvalue weighted by molar-refractivity contribution is 0.147. The number of nitrogens with zero attached hydrogens (tertiary/aromatic N) is 1. The lowest BCUT2D eigenvalue weighted by atomic mass is 10.1. The van der Waals surface area contributed by atoms with Gasteiger partial charge in [0.05, 0.1) is 28.2 Å². The van der Waals surface area contributed by atoms with E-state index in [9.17, 15) is 18.0 Å². The van der Waals surface area contributed by atoms with Crippen LogP contribution in [0, 0.1) is 0 Å². The predicted molar refractivity (Wildman–Crippen MR) is 107 cm³/mol. The molecule has 1 unspecified atom stereocenters. The molecule has 1 aliphatic rings. The molecule has 154 valence electrons. The number of sulfonamides is 1. The molecule has 1 atom stereocenters. The minimum atomic E-state index is -3.83. The number of likely N-dealkylation sites (tertiary alicyclic amines) is 1. The first-order chi connectivity index (χ1) is 13.9. The van der Waals surface area contributed by atoms with Crippen molar-refractivity contribution in [2.24, 2.45) is 0 Å². The van der Waals surface area contributed by atoms with E-state index in [-0.39, 0.29) is 23.0 Å². The van der Waals surface area contributed by atoms with Crippen molar-refractivity contribution in [1.29, 1.82) is 0 Å². The van der Waals surface area contributed by atoms with Crippen molar-refractivity contribution in [3.8, 4) is 0 Å².